The molecule has 4 nitrogen and oxygen atoms in total. The van der Waals surface area contributed by atoms with Crippen molar-refractivity contribution in [3.8, 4) is 33.8 Å². The van der Waals surface area contributed by atoms with Crippen molar-refractivity contribution in [1.82, 2.24) is 0 Å². The van der Waals surface area contributed by atoms with Crippen molar-refractivity contribution < 1.29 is 10.2 Å². The van der Waals surface area contributed by atoms with E-state index in [0.717, 1.165) is 40.0 Å². The van der Waals surface area contributed by atoms with Gasteiger partial charge in [-0.15, -0.1) is 0 Å². The van der Waals surface area contributed by atoms with Crippen LogP contribution >= 0.6 is 0 Å². The second-order valence-corrected chi connectivity index (χ2v) is 10.6. The second kappa shape index (κ2) is 13.1. The lowest BCUT2D eigenvalue weighted by Gasteiger charge is -2.07. The van der Waals surface area contributed by atoms with Crippen molar-refractivity contribution >= 4 is 23.8 Å². The van der Waals surface area contributed by atoms with Gasteiger partial charge in [0, 0.05) is 29.1 Å². The van der Waals surface area contributed by atoms with Crippen LogP contribution in [0.4, 0.5) is 11.4 Å². The Labute approximate surface area is 258 Å². The average Bonchev–Trinajstić information content (AvgIpc) is 3.44. The van der Waals surface area contributed by atoms with E-state index >= 15 is 0 Å². The van der Waals surface area contributed by atoms with Gasteiger partial charge < -0.3 is 10.2 Å². The number of benzene rings is 6. The minimum Gasteiger partial charge on any atom is -0.507 e. The second-order valence-electron chi connectivity index (χ2n) is 10.6. The number of aromatic hydroxyl groups is 2. The fourth-order valence-electron chi connectivity index (χ4n) is 5.32. The summed E-state index contributed by atoms with van der Waals surface area (Å²) in [6.45, 7) is 1.89. The van der Waals surface area contributed by atoms with E-state index in [2.05, 4.69) is 46.4 Å². The minimum atomic E-state index is 0.253. The molecule has 0 aliphatic heterocycles. The molecule has 0 atom stereocenters. The van der Waals surface area contributed by atoms with Gasteiger partial charge in [0.15, 0.2) is 0 Å². The summed E-state index contributed by atoms with van der Waals surface area (Å²) < 4.78 is 0. The zero-order chi connectivity index (χ0) is 30.3. The number of para-hydroxylation sites is 3. The third-order valence-corrected chi connectivity index (χ3v) is 7.66. The largest absolute Gasteiger partial charge is 0.507 e. The molecule has 0 saturated carbocycles. The van der Waals surface area contributed by atoms with Gasteiger partial charge >= 0.3 is 0 Å². The Kier molecular flexibility index (Phi) is 8.42. The summed E-state index contributed by atoms with van der Waals surface area (Å²) in [6.07, 6.45) is 4.38. The highest BCUT2D eigenvalue weighted by molar-refractivity contribution is 5.90. The van der Waals surface area contributed by atoms with Crippen LogP contribution in [0.25, 0.3) is 22.3 Å². The molecule has 1 aliphatic rings. The van der Waals surface area contributed by atoms with Crippen LogP contribution in [0, 0.1) is 6.92 Å². The van der Waals surface area contributed by atoms with E-state index in [1.165, 1.54) is 22.3 Å². The number of fused-ring (bicyclic) bond motifs is 3. The Morgan fingerprint density at radius 2 is 1.09 bits per heavy atom. The Morgan fingerprint density at radius 3 is 1.86 bits per heavy atom. The first kappa shape index (κ1) is 28.4. The molecule has 0 radical (unpaired) electrons. The zero-order valence-corrected chi connectivity index (χ0v) is 24.4. The fourth-order valence-corrected chi connectivity index (χ4v) is 5.32. The maximum absolute atomic E-state index is 10.4. The van der Waals surface area contributed by atoms with Crippen molar-refractivity contribution in [2.24, 2.45) is 9.98 Å². The summed E-state index contributed by atoms with van der Waals surface area (Å²) in [7, 11) is 0. The van der Waals surface area contributed by atoms with Gasteiger partial charge in [0.2, 0.25) is 0 Å². The summed E-state index contributed by atoms with van der Waals surface area (Å²) in [6, 6.07) is 45.7. The van der Waals surface area contributed by atoms with Crippen molar-refractivity contribution in [2.75, 3.05) is 0 Å². The third-order valence-electron chi connectivity index (χ3n) is 7.66. The van der Waals surface area contributed by atoms with E-state index in [9.17, 15) is 10.2 Å². The normalized spacial score (nSPS) is 11.7. The number of hydrogen-bond acceptors (Lipinski definition) is 4. The third kappa shape index (κ3) is 6.35. The molecule has 7 rings (SSSR count). The molecule has 0 unspecified atom stereocenters. The molecule has 6 aromatic rings. The van der Waals surface area contributed by atoms with E-state index in [1.807, 2.05) is 110 Å². The Morgan fingerprint density at radius 1 is 0.500 bits per heavy atom. The van der Waals surface area contributed by atoms with Gasteiger partial charge in [0.25, 0.3) is 0 Å². The summed E-state index contributed by atoms with van der Waals surface area (Å²) in [4.78, 5) is 8.92. The van der Waals surface area contributed by atoms with Gasteiger partial charge in [0.1, 0.15) is 11.5 Å². The molecular formula is C40H32N2O2. The van der Waals surface area contributed by atoms with E-state index in [1.54, 1.807) is 12.4 Å². The molecule has 4 heteroatoms. The number of rotatable bonds is 5. The Bertz CT molecular complexity index is 1960. The molecule has 1 aliphatic carbocycles. The van der Waals surface area contributed by atoms with Crippen molar-refractivity contribution in [2.45, 2.75) is 13.3 Å². The summed E-state index contributed by atoms with van der Waals surface area (Å²) in [5.74, 6) is 0.549. The summed E-state index contributed by atoms with van der Waals surface area (Å²) >= 11 is 0. The number of phenols is 2. The lowest BCUT2D eigenvalue weighted by Crippen LogP contribution is -1.86. The molecule has 0 bridgehead atoms. The quantitative estimate of drug-likeness (QED) is 0.202. The topological polar surface area (TPSA) is 65.2 Å². The van der Waals surface area contributed by atoms with Gasteiger partial charge in [-0.2, -0.15) is 0 Å². The number of aliphatic imine (C=N–C) groups is 2. The highest BCUT2D eigenvalue weighted by Crippen LogP contribution is 2.38. The first-order chi connectivity index (χ1) is 21.6. The number of nitrogens with zero attached hydrogens (tertiary/aromatic N) is 2. The van der Waals surface area contributed by atoms with Gasteiger partial charge in [-0.1, -0.05) is 103 Å². The molecule has 0 amide bonds. The Balaban J connectivity index is 0.000000157. The number of phenolic OH excluding ortho intramolecular Hbond substituents is 2. The highest BCUT2D eigenvalue weighted by atomic mass is 16.3. The predicted molar refractivity (Wildman–Crippen MR) is 182 cm³/mol. The van der Waals surface area contributed by atoms with Gasteiger partial charge in [-0.3, -0.25) is 9.98 Å². The van der Waals surface area contributed by atoms with Gasteiger partial charge in [0.05, 0.1) is 11.4 Å². The van der Waals surface area contributed by atoms with Gasteiger partial charge in [-0.25, -0.2) is 0 Å². The molecule has 0 fully saturated rings. The van der Waals surface area contributed by atoms with Crippen LogP contribution in [-0.2, 0) is 6.42 Å². The monoisotopic (exact) mass is 572 g/mol. The maximum Gasteiger partial charge on any atom is 0.132 e. The van der Waals surface area contributed by atoms with Gasteiger partial charge in [-0.05, 0) is 83.1 Å². The fraction of sp³-hybridized carbons (Fsp3) is 0.0500. The summed E-state index contributed by atoms with van der Waals surface area (Å²) in [5.41, 5.74) is 11.2. The molecule has 0 spiro atoms. The van der Waals surface area contributed by atoms with Crippen molar-refractivity contribution in [3.63, 3.8) is 0 Å². The van der Waals surface area contributed by atoms with Crippen LogP contribution in [0.5, 0.6) is 11.5 Å². The predicted octanol–water partition coefficient (Wildman–Crippen LogP) is 9.83. The molecular weight excluding hydrogens is 540 g/mol. The molecule has 0 saturated heterocycles. The molecule has 6 aromatic carbocycles. The van der Waals surface area contributed by atoms with Crippen LogP contribution in [-0.4, -0.2) is 22.6 Å². The van der Waals surface area contributed by atoms with E-state index in [0.29, 0.717) is 11.3 Å². The van der Waals surface area contributed by atoms with Crippen LogP contribution in [0.1, 0.15) is 27.8 Å². The molecule has 0 heterocycles. The lowest BCUT2D eigenvalue weighted by molar-refractivity contribution is 0.470. The van der Waals surface area contributed by atoms with Crippen LogP contribution in [0.2, 0.25) is 0 Å². The number of hydrogen-bond donors (Lipinski definition) is 2. The van der Waals surface area contributed by atoms with Crippen LogP contribution < -0.4 is 0 Å². The molecule has 2 N–H and O–H groups in total. The average molecular weight is 573 g/mol. The minimum absolute atomic E-state index is 0.253. The SMILES string of the molecule is Cc1cccc(C=Nc2ccc3c(c2)Cc2ccccc2-3)c1O.Oc1c(C=Nc2ccccc2)cccc1-c1ccccc1. The van der Waals surface area contributed by atoms with Crippen molar-refractivity contribution in [1.29, 1.82) is 0 Å². The Hall–Kier alpha value is -5.74. The van der Waals surface area contributed by atoms with Crippen LogP contribution in [0.15, 0.2) is 150 Å². The van der Waals surface area contributed by atoms with Crippen LogP contribution in [0.3, 0.4) is 0 Å². The first-order valence-corrected chi connectivity index (χ1v) is 14.6. The molecule has 0 aromatic heterocycles. The van der Waals surface area contributed by atoms with Crippen molar-refractivity contribution in [3.05, 3.63) is 167 Å². The first-order valence-electron chi connectivity index (χ1n) is 14.6. The highest BCUT2D eigenvalue weighted by Gasteiger charge is 2.17. The maximum atomic E-state index is 10.4. The lowest BCUT2D eigenvalue weighted by atomic mass is 10.0. The number of aryl methyl sites for hydroxylation is 1. The smallest absolute Gasteiger partial charge is 0.132 e. The van der Waals surface area contributed by atoms with E-state index in [4.69, 9.17) is 0 Å². The summed E-state index contributed by atoms with van der Waals surface area (Å²) in [5, 5.41) is 20.5. The standard InChI is InChI=1S/C21H17NO.C19H15NO/c1-14-5-4-7-16(21(14)23)13-22-18-9-10-20-17(12-18)11-15-6-2-3-8-19(15)20;21-19-16(14-20-17-11-5-2-6-12-17)10-7-13-18(19)15-8-3-1-4-9-15/h2-10,12-13,23H,11H2,1H3;1-14,21H. The molecule has 44 heavy (non-hydrogen) atoms. The zero-order valence-electron chi connectivity index (χ0n) is 24.4. The molecule has 214 valence electrons. The van der Waals surface area contributed by atoms with E-state index in [-0.39, 0.29) is 5.75 Å². The van der Waals surface area contributed by atoms with E-state index < -0.39 is 0 Å².